The molecular formula is C17H21ClN2O. The van der Waals surface area contributed by atoms with Crippen molar-refractivity contribution in [3.63, 3.8) is 0 Å². The highest BCUT2D eigenvalue weighted by Crippen LogP contribution is 2.28. The summed E-state index contributed by atoms with van der Waals surface area (Å²) in [4.78, 5) is 4.26. The fraction of sp³-hybridized carbons (Fsp3) is 0.353. The number of benzene rings is 1. The number of halogens is 1. The van der Waals surface area contributed by atoms with E-state index in [9.17, 15) is 0 Å². The van der Waals surface area contributed by atoms with Gasteiger partial charge in [-0.25, -0.2) is 0 Å². The first-order chi connectivity index (χ1) is 10.1. The second kappa shape index (κ2) is 7.43. The number of pyridine rings is 1. The van der Waals surface area contributed by atoms with Gasteiger partial charge in [-0.3, -0.25) is 4.98 Å². The van der Waals surface area contributed by atoms with Crippen molar-refractivity contribution in [1.82, 2.24) is 10.3 Å². The Morgan fingerprint density at radius 1 is 1.24 bits per heavy atom. The summed E-state index contributed by atoms with van der Waals surface area (Å²) in [5, 5.41) is 4.17. The zero-order chi connectivity index (χ0) is 15.2. The van der Waals surface area contributed by atoms with E-state index < -0.39 is 0 Å². The maximum Gasteiger partial charge on any atom is 0.138 e. The van der Waals surface area contributed by atoms with Crippen LogP contribution < -0.4 is 10.1 Å². The van der Waals surface area contributed by atoms with Gasteiger partial charge in [-0.1, -0.05) is 31.5 Å². The third kappa shape index (κ3) is 4.45. The molecule has 2 aromatic rings. The first kappa shape index (κ1) is 15.8. The number of hydrogen-bond donors (Lipinski definition) is 1. The lowest BCUT2D eigenvalue weighted by Gasteiger charge is -2.14. The van der Waals surface area contributed by atoms with E-state index in [1.807, 2.05) is 37.4 Å². The van der Waals surface area contributed by atoms with Crippen LogP contribution in [0.2, 0.25) is 5.02 Å². The molecule has 112 valence electrons. The summed E-state index contributed by atoms with van der Waals surface area (Å²) in [7, 11) is 0. The molecule has 3 nitrogen and oxygen atoms in total. The van der Waals surface area contributed by atoms with Crippen LogP contribution in [0.5, 0.6) is 5.75 Å². The van der Waals surface area contributed by atoms with E-state index in [0.717, 1.165) is 34.0 Å². The van der Waals surface area contributed by atoms with Gasteiger partial charge in [0.05, 0.1) is 12.8 Å². The number of aromatic nitrogens is 1. The first-order valence-corrected chi connectivity index (χ1v) is 7.58. The molecule has 0 aliphatic rings. The smallest absolute Gasteiger partial charge is 0.138 e. The van der Waals surface area contributed by atoms with Crippen LogP contribution in [0.25, 0.3) is 11.1 Å². The molecule has 1 aromatic heterocycles. The van der Waals surface area contributed by atoms with Crippen molar-refractivity contribution in [2.75, 3.05) is 6.61 Å². The van der Waals surface area contributed by atoms with Crippen LogP contribution in [0.1, 0.15) is 26.3 Å². The van der Waals surface area contributed by atoms with E-state index in [1.165, 1.54) is 0 Å². The van der Waals surface area contributed by atoms with Crippen LogP contribution in [0.3, 0.4) is 0 Å². The molecule has 1 aromatic carbocycles. The average Bonchev–Trinajstić information content (AvgIpc) is 2.46. The Morgan fingerprint density at radius 2 is 2.05 bits per heavy atom. The minimum absolute atomic E-state index is 0.421. The van der Waals surface area contributed by atoms with Crippen LogP contribution >= 0.6 is 11.6 Å². The summed E-state index contributed by atoms with van der Waals surface area (Å²) in [5.74, 6) is 0.785. The van der Waals surface area contributed by atoms with Gasteiger partial charge in [0, 0.05) is 29.4 Å². The van der Waals surface area contributed by atoms with Crippen molar-refractivity contribution in [1.29, 1.82) is 0 Å². The SMILES string of the molecule is CCOc1cncc(-c2ccc(Cl)cc2CNC(C)C)c1. The Labute approximate surface area is 131 Å². The largest absolute Gasteiger partial charge is 0.492 e. The summed E-state index contributed by atoms with van der Waals surface area (Å²) < 4.78 is 5.53. The fourth-order valence-corrected chi connectivity index (χ4v) is 2.31. The van der Waals surface area contributed by atoms with Gasteiger partial charge >= 0.3 is 0 Å². The molecule has 1 N–H and O–H groups in total. The maximum atomic E-state index is 6.13. The van der Waals surface area contributed by atoms with Crippen molar-refractivity contribution in [2.24, 2.45) is 0 Å². The summed E-state index contributed by atoms with van der Waals surface area (Å²) in [6.45, 7) is 7.62. The van der Waals surface area contributed by atoms with E-state index in [-0.39, 0.29) is 0 Å². The second-order valence-corrected chi connectivity index (χ2v) is 5.62. The summed E-state index contributed by atoms with van der Waals surface area (Å²) in [6, 6.07) is 8.37. The molecule has 4 heteroatoms. The molecule has 1 heterocycles. The maximum absolute atomic E-state index is 6.13. The quantitative estimate of drug-likeness (QED) is 0.864. The second-order valence-electron chi connectivity index (χ2n) is 5.18. The van der Waals surface area contributed by atoms with Crippen LogP contribution in [0.4, 0.5) is 0 Å². The van der Waals surface area contributed by atoms with Gasteiger partial charge in [-0.15, -0.1) is 0 Å². The van der Waals surface area contributed by atoms with Crippen molar-refractivity contribution in [3.8, 4) is 16.9 Å². The van der Waals surface area contributed by atoms with Crippen LogP contribution in [-0.2, 0) is 6.54 Å². The van der Waals surface area contributed by atoms with Gasteiger partial charge in [0.1, 0.15) is 5.75 Å². The Hall–Kier alpha value is -1.58. The Morgan fingerprint density at radius 3 is 2.76 bits per heavy atom. The minimum atomic E-state index is 0.421. The molecule has 21 heavy (non-hydrogen) atoms. The normalized spacial score (nSPS) is 10.9. The van der Waals surface area contributed by atoms with E-state index in [4.69, 9.17) is 16.3 Å². The topological polar surface area (TPSA) is 34.1 Å². The minimum Gasteiger partial charge on any atom is -0.492 e. The molecule has 0 saturated heterocycles. The molecule has 0 atom stereocenters. The van der Waals surface area contributed by atoms with E-state index in [0.29, 0.717) is 12.6 Å². The highest BCUT2D eigenvalue weighted by molar-refractivity contribution is 6.30. The molecule has 0 aliphatic carbocycles. The molecule has 0 fully saturated rings. The monoisotopic (exact) mass is 304 g/mol. The number of nitrogens with one attached hydrogen (secondary N) is 1. The van der Waals surface area contributed by atoms with E-state index in [1.54, 1.807) is 6.20 Å². The average molecular weight is 305 g/mol. The fourth-order valence-electron chi connectivity index (χ4n) is 2.12. The van der Waals surface area contributed by atoms with E-state index in [2.05, 4.69) is 24.1 Å². The molecular weight excluding hydrogens is 284 g/mol. The van der Waals surface area contributed by atoms with E-state index >= 15 is 0 Å². The Bertz CT molecular complexity index is 599. The third-order valence-electron chi connectivity index (χ3n) is 3.10. The molecule has 0 saturated carbocycles. The Balaban J connectivity index is 2.35. The Kier molecular flexibility index (Phi) is 5.59. The van der Waals surface area contributed by atoms with Gasteiger partial charge in [-0.2, -0.15) is 0 Å². The van der Waals surface area contributed by atoms with Gasteiger partial charge < -0.3 is 10.1 Å². The predicted octanol–water partition coefficient (Wildman–Crippen LogP) is 4.30. The first-order valence-electron chi connectivity index (χ1n) is 7.20. The number of rotatable bonds is 6. The van der Waals surface area contributed by atoms with Crippen molar-refractivity contribution < 1.29 is 4.74 Å². The number of nitrogens with zero attached hydrogens (tertiary/aromatic N) is 1. The lowest BCUT2D eigenvalue weighted by atomic mass is 10.0. The lowest BCUT2D eigenvalue weighted by Crippen LogP contribution is -2.22. The number of ether oxygens (including phenoxy) is 1. The molecule has 0 spiro atoms. The lowest BCUT2D eigenvalue weighted by molar-refractivity contribution is 0.339. The molecule has 2 rings (SSSR count). The van der Waals surface area contributed by atoms with Crippen molar-refractivity contribution in [3.05, 3.63) is 47.2 Å². The molecule has 0 aliphatic heterocycles. The van der Waals surface area contributed by atoms with Crippen LogP contribution in [0, 0.1) is 0 Å². The molecule has 0 radical (unpaired) electrons. The van der Waals surface area contributed by atoms with Gasteiger partial charge in [0.25, 0.3) is 0 Å². The third-order valence-corrected chi connectivity index (χ3v) is 3.34. The zero-order valence-corrected chi connectivity index (χ0v) is 13.4. The molecule has 0 amide bonds. The predicted molar refractivity (Wildman–Crippen MR) is 87.8 cm³/mol. The van der Waals surface area contributed by atoms with Gasteiger partial charge in [0.15, 0.2) is 0 Å². The van der Waals surface area contributed by atoms with Crippen LogP contribution in [-0.4, -0.2) is 17.6 Å². The molecule has 0 bridgehead atoms. The summed E-state index contributed by atoms with van der Waals surface area (Å²) >= 11 is 6.13. The molecule has 0 unspecified atom stereocenters. The van der Waals surface area contributed by atoms with Crippen molar-refractivity contribution in [2.45, 2.75) is 33.4 Å². The van der Waals surface area contributed by atoms with Crippen LogP contribution in [0.15, 0.2) is 36.7 Å². The van der Waals surface area contributed by atoms with Gasteiger partial charge in [0.2, 0.25) is 0 Å². The van der Waals surface area contributed by atoms with Crippen molar-refractivity contribution >= 4 is 11.6 Å². The number of hydrogen-bond acceptors (Lipinski definition) is 3. The standard InChI is InChI=1S/C17H21ClN2O/c1-4-21-16-8-14(9-19-11-16)17-6-5-15(18)7-13(17)10-20-12(2)3/h5-9,11-12,20H,4,10H2,1-3H3. The summed E-state index contributed by atoms with van der Waals surface area (Å²) in [6.07, 6.45) is 3.58. The highest BCUT2D eigenvalue weighted by atomic mass is 35.5. The highest BCUT2D eigenvalue weighted by Gasteiger charge is 2.08. The summed E-state index contributed by atoms with van der Waals surface area (Å²) in [5.41, 5.74) is 3.33. The van der Waals surface area contributed by atoms with Gasteiger partial charge in [-0.05, 0) is 36.2 Å². The zero-order valence-electron chi connectivity index (χ0n) is 12.7.